The second-order valence-electron chi connectivity index (χ2n) is 4.64. The summed E-state index contributed by atoms with van der Waals surface area (Å²) >= 11 is 0.969. The molecule has 1 atom stereocenters. The third kappa shape index (κ3) is 2.15. The van der Waals surface area contributed by atoms with Crippen LogP contribution in [0.15, 0.2) is 28.3 Å². The second-order valence-corrected chi connectivity index (χ2v) is 7.33. The van der Waals surface area contributed by atoms with Crippen molar-refractivity contribution in [1.82, 2.24) is 5.01 Å². The number of thioether (sulfide) groups is 1. The van der Waals surface area contributed by atoms with Crippen molar-refractivity contribution in [3.63, 3.8) is 0 Å². The lowest BCUT2D eigenvalue weighted by atomic mass is 10.1. The van der Waals surface area contributed by atoms with Gasteiger partial charge < -0.3 is 9.47 Å². The van der Waals surface area contributed by atoms with E-state index in [2.05, 4.69) is 10.1 Å². The molecule has 0 amide bonds. The van der Waals surface area contributed by atoms with Crippen molar-refractivity contribution >= 4 is 31.3 Å². The predicted molar refractivity (Wildman–Crippen MR) is 77.6 cm³/mol. The van der Waals surface area contributed by atoms with Crippen molar-refractivity contribution in [3.8, 4) is 11.5 Å². The van der Waals surface area contributed by atoms with Crippen LogP contribution in [0, 0.1) is 0 Å². The summed E-state index contributed by atoms with van der Waals surface area (Å²) in [6.45, 7) is 0.697. The Bertz CT molecular complexity index is 789. The number of amidine groups is 1. The van der Waals surface area contributed by atoms with E-state index in [9.17, 15) is 8.42 Å². The third-order valence-corrected chi connectivity index (χ3v) is 5.51. The maximum Gasteiger partial charge on any atom is 0.264 e. The Kier molecular flexibility index (Phi) is 2.68. The highest BCUT2D eigenvalue weighted by Crippen LogP contribution is 2.38. The molecule has 4 rings (SSSR count). The first kappa shape index (κ1) is 12.9. The minimum absolute atomic E-state index is 0.118. The van der Waals surface area contributed by atoms with Gasteiger partial charge in [-0.3, -0.25) is 4.99 Å². The van der Waals surface area contributed by atoms with Gasteiger partial charge in [0.2, 0.25) is 11.2 Å². The first-order chi connectivity index (χ1) is 10.0. The van der Waals surface area contributed by atoms with Crippen LogP contribution in [0.2, 0.25) is 0 Å². The topological polar surface area (TPSA) is 107 Å². The number of aliphatic imine (C=N–C) groups is 1. The molecule has 2 N–H and O–H groups in total. The molecule has 0 saturated carbocycles. The first-order valence-corrected chi connectivity index (χ1v) is 8.41. The number of primary sulfonamides is 1. The van der Waals surface area contributed by atoms with Crippen LogP contribution in [0.1, 0.15) is 11.6 Å². The summed E-state index contributed by atoms with van der Waals surface area (Å²) in [7, 11) is -3.78. The molecule has 1 aromatic rings. The molecule has 0 radical (unpaired) electrons. The minimum atomic E-state index is -3.78. The zero-order valence-corrected chi connectivity index (χ0v) is 12.2. The molecule has 3 aliphatic rings. The van der Waals surface area contributed by atoms with E-state index >= 15 is 0 Å². The average Bonchev–Trinajstić information content (AvgIpc) is 3.10. The van der Waals surface area contributed by atoms with Gasteiger partial charge >= 0.3 is 0 Å². The summed E-state index contributed by atoms with van der Waals surface area (Å²) in [4.78, 5) is 4.48. The molecule has 10 heteroatoms. The summed E-state index contributed by atoms with van der Waals surface area (Å²) in [6.07, 6.45) is 0. The molecule has 0 aromatic heterocycles. The lowest BCUT2D eigenvalue weighted by molar-refractivity contribution is 0.174. The van der Waals surface area contributed by atoms with Crippen LogP contribution < -0.4 is 14.6 Å². The summed E-state index contributed by atoms with van der Waals surface area (Å²) in [5.74, 6) is 1.41. The first-order valence-electron chi connectivity index (χ1n) is 6.05. The van der Waals surface area contributed by atoms with Crippen LogP contribution >= 0.6 is 11.8 Å². The van der Waals surface area contributed by atoms with Crippen LogP contribution in [0.5, 0.6) is 11.5 Å². The van der Waals surface area contributed by atoms with Crippen LogP contribution in [-0.4, -0.2) is 36.3 Å². The average molecular weight is 326 g/mol. The fourth-order valence-electron chi connectivity index (χ4n) is 2.26. The third-order valence-electron chi connectivity index (χ3n) is 3.24. The normalized spacial score (nSPS) is 23.1. The Hall–Kier alpha value is -1.78. The number of sulfonamides is 1. The molecule has 0 saturated heterocycles. The second kappa shape index (κ2) is 4.36. The molecule has 0 aliphatic carbocycles. The van der Waals surface area contributed by atoms with Crippen LogP contribution in [0.25, 0.3) is 0 Å². The monoisotopic (exact) mass is 326 g/mol. The zero-order valence-electron chi connectivity index (χ0n) is 10.6. The van der Waals surface area contributed by atoms with E-state index in [4.69, 9.17) is 14.6 Å². The summed E-state index contributed by atoms with van der Waals surface area (Å²) in [6, 6.07) is 5.52. The van der Waals surface area contributed by atoms with Crippen molar-refractivity contribution < 1.29 is 17.9 Å². The lowest BCUT2D eigenvalue weighted by Crippen LogP contribution is -2.20. The number of ether oxygens (including phenoxy) is 2. The van der Waals surface area contributed by atoms with Gasteiger partial charge in [-0.1, -0.05) is 6.07 Å². The van der Waals surface area contributed by atoms with Crippen molar-refractivity contribution in [1.29, 1.82) is 0 Å². The van der Waals surface area contributed by atoms with Crippen molar-refractivity contribution in [2.75, 3.05) is 13.3 Å². The van der Waals surface area contributed by atoms with E-state index in [1.807, 2.05) is 18.2 Å². The lowest BCUT2D eigenvalue weighted by Gasteiger charge is -2.10. The fraction of sp³-hybridized carbons (Fsp3) is 0.273. The minimum Gasteiger partial charge on any atom is -0.454 e. The molecule has 3 heterocycles. The fourth-order valence-corrected chi connectivity index (χ4v) is 3.85. The van der Waals surface area contributed by atoms with Gasteiger partial charge in [-0.2, -0.15) is 0 Å². The maximum absolute atomic E-state index is 11.3. The van der Waals surface area contributed by atoms with E-state index < -0.39 is 10.0 Å². The van der Waals surface area contributed by atoms with Gasteiger partial charge in [0.25, 0.3) is 10.0 Å². The Morgan fingerprint density at radius 2 is 2.14 bits per heavy atom. The van der Waals surface area contributed by atoms with Gasteiger partial charge in [0.15, 0.2) is 16.7 Å². The van der Waals surface area contributed by atoms with E-state index in [1.165, 1.54) is 0 Å². The quantitative estimate of drug-likeness (QED) is 0.802. The number of hydrogen-bond acceptors (Lipinski definition) is 8. The van der Waals surface area contributed by atoms with Gasteiger partial charge in [0.05, 0.1) is 12.6 Å². The number of hydrazone groups is 1. The molecule has 110 valence electrons. The van der Waals surface area contributed by atoms with E-state index in [-0.39, 0.29) is 17.2 Å². The Labute approximate surface area is 124 Å². The molecular weight excluding hydrogens is 316 g/mol. The standard InChI is InChI=1S/C11H10N4O4S2/c12-21(16,17)11-14-15-4-7(13-10(15)20-11)6-1-2-8-9(3-6)19-5-18-8/h1-3,7H,4-5H2,(H2,12,16,17). The van der Waals surface area contributed by atoms with Gasteiger partial charge in [-0.05, 0) is 29.5 Å². The molecule has 0 bridgehead atoms. The molecule has 1 unspecified atom stereocenters. The van der Waals surface area contributed by atoms with Gasteiger partial charge in [0, 0.05) is 0 Å². The molecular formula is C11H10N4O4S2. The smallest absolute Gasteiger partial charge is 0.264 e. The molecule has 21 heavy (non-hydrogen) atoms. The Morgan fingerprint density at radius 3 is 2.90 bits per heavy atom. The number of fused-ring (bicyclic) bond motifs is 2. The SMILES string of the molecule is NS(=O)(=O)C1=NN2CC(c3ccc4c(c3)OCO4)N=C2S1. The summed E-state index contributed by atoms with van der Waals surface area (Å²) in [5, 5.41) is 11.1. The Morgan fingerprint density at radius 1 is 1.33 bits per heavy atom. The van der Waals surface area contributed by atoms with Gasteiger partial charge in [-0.15, -0.1) is 5.10 Å². The molecule has 0 fully saturated rings. The highest BCUT2D eigenvalue weighted by molar-refractivity contribution is 8.42. The Balaban J connectivity index is 1.58. The van der Waals surface area contributed by atoms with Gasteiger partial charge in [-0.25, -0.2) is 18.6 Å². The number of rotatable bonds is 1. The molecule has 0 spiro atoms. The van der Waals surface area contributed by atoms with Crippen LogP contribution in [0.4, 0.5) is 0 Å². The van der Waals surface area contributed by atoms with E-state index in [0.717, 1.165) is 17.3 Å². The highest BCUT2D eigenvalue weighted by Gasteiger charge is 2.36. The molecule has 1 aromatic carbocycles. The van der Waals surface area contributed by atoms with Crippen LogP contribution in [0.3, 0.4) is 0 Å². The zero-order chi connectivity index (χ0) is 14.6. The van der Waals surface area contributed by atoms with Crippen LogP contribution in [-0.2, 0) is 10.0 Å². The number of nitrogens with two attached hydrogens (primary N) is 1. The van der Waals surface area contributed by atoms with Crippen molar-refractivity contribution in [2.24, 2.45) is 15.2 Å². The summed E-state index contributed by atoms with van der Waals surface area (Å²) < 4.78 is 33.0. The summed E-state index contributed by atoms with van der Waals surface area (Å²) in [5.41, 5.74) is 0.967. The van der Waals surface area contributed by atoms with Crippen molar-refractivity contribution in [3.05, 3.63) is 23.8 Å². The maximum atomic E-state index is 11.3. The van der Waals surface area contributed by atoms with E-state index in [1.54, 1.807) is 5.01 Å². The number of hydrogen-bond donors (Lipinski definition) is 1. The van der Waals surface area contributed by atoms with Crippen molar-refractivity contribution in [2.45, 2.75) is 6.04 Å². The van der Waals surface area contributed by atoms with Gasteiger partial charge in [0.1, 0.15) is 0 Å². The molecule has 3 aliphatic heterocycles. The number of nitrogens with zero attached hydrogens (tertiary/aromatic N) is 3. The largest absolute Gasteiger partial charge is 0.454 e. The van der Waals surface area contributed by atoms with E-state index in [0.29, 0.717) is 23.2 Å². The highest BCUT2D eigenvalue weighted by atomic mass is 32.3. The predicted octanol–water partition coefficient (Wildman–Crippen LogP) is 0.434. The molecule has 8 nitrogen and oxygen atoms in total. The number of benzene rings is 1.